The Morgan fingerprint density at radius 3 is 2.40 bits per heavy atom. The summed E-state index contributed by atoms with van der Waals surface area (Å²) in [6.07, 6.45) is 2.48. The van der Waals surface area contributed by atoms with Gasteiger partial charge in [-0.05, 0) is 67.0 Å². The second kappa shape index (κ2) is 15.7. The van der Waals surface area contributed by atoms with Gasteiger partial charge in [0.05, 0.1) is 36.4 Å². The van der Waals surface area contributed by atoms with Crippen molar-refractivity contribution >= 4 is 29.5 Å². The van der Waals surface area contributed by atoms with Gasteiger partial charge in [-0.2, -0.15) is 0 Å². The first-order valence-electron chi connectivity index (χ1n) is 17.9. The first-order valence-corrected chi connectivity index (χ1v) is 17.9. The van der Waals surface area contributed by atoms with Crippen molar-refractivity contribution in [3.8, 4) is 12.3 Å². The molecule has 13 heteroatoms. The Morgan fingerprint density at radius 1 is 1.12 bits per heavy atom. The van der Waals surface area contributed by atoms with Crippen molar-refractivity contribution < 1.29 is 47.6 Å². The zero-order valence-electron chi connectivity index (χ0n) is 31.6. The number of amides is 1. The van der Waals surface area contributed by atoms with Crippen LogP contribution in [0.5, 0.6) is 0 Å². The normalized spacial score (nSPS) is 41.3. The van der Waals surface area contributed by atoms with Crippen LogP contribution >= 0.6 is 0 Å². The molecular weight excluding hydrogens is 646 g/mol. The number of hydrogen-bond donors (Lipinski definition) is 0. The number of likely N-dealkylation sites (N-methyl/N-ethyl adjacent to an activating group) is 1. The molecule has 13 atom stereocenters. The first kappa shape index (κ1) is 39.7. The largest absolute Gasteiger partial charge is 0.458 e. The quantitative estimate of drug-likeness (QED) is 0.166. The number of ether oxygens (including phenoxy) is 6. The Hall–Kier alpha value is -3.05. The summed E-state index contributed by atoms with van der Waals surface area (Å²) in [7, 11) is 3.79. The SMILES string of the molecule is C#CCO[C@@]1(C)C[C@@H](C)C2=NCCN3C(=O)O[C@@](C)(C3[C@H]2C)[C@@H](CC)OC(=O)[C@H](C)C(=O)[C@H](C)C1OC1O[C@H](C)CC(N(C)C)C1OC(C)=O. The molecule has 0 spiro atoms. The van der Waals surface area contributed by atoms with Gasteiger partial charge in [0.2, 0.25) is 0 Å². The standard InChI is InChI=1S/C37H57N3O10/c1-13-17-45-36(9)19-20(3)28-22(5)31-37(10,50-35(44)40(31)16-15-38-28)27(14-2)48-33(43)24(7)29(42)23(6)32(36)49-34-30(47-25(8)41)26(39(11)12)18-21(4)46-34/h1,20-24,26-27,30-32,34H,14-19H2,2-12H3/t20-,21-,22+,23+,24-,26?,27-,30?,31?,32?,34?,36+,37-/m1/s1. The highest BCUT2D eigenvalue weighted by atomic mass is 16.7. The van der Waals surface area contributed by atoms with Gasteiger partial charge in [-0.25, -0.2) is 4.79 Å². The third kappa shape index (κ3) is 7.73. The fourth-order valence-electron chi connectivity index (χ4n) is 8.76. The molecule has 3 saturated heterocycles. The highest BCUT2D eigenvalue weighted by Gasteiger charge is 2.60. The minimum absolute atomic E-state index is 0.0891. The summed E-state index contributed by atoms with van der Waals surface area (Å²) in [6.45, 7) is 16.6. The molecule has 13 nitrogen and oxygen atoms in total. The van der Waals surface area contributed by atoms with Crippen molar-refractivity contribution in [1.29, 1.82) is 0 Å². The fourth-order valence-corrected chi connectivity index (χ4v) is 8.76. The number of carbonyl (C=O) groups is 4. The predicted octanol–water partition coefficient (Wildman–Crippen LogP) is 3.65. The average Bonchev–Trinajstić information content (AvgIpc) is 3.17. The summed E-state index contributed by atoms with van der Waals surface area (Å²) >= 11 is 0. The van der Waals surface area contributed by atoms with E-state index in [-0.39, 0.29) is 30.6 Å². The summed E-state index contributed by atoms with van der Waals surface area (Å²) < 4.78 is 37.6. The van der Waals surface area contributed by atoms with Gasteiger partial charge in [0.25, 0.3) is 0 Å². The molecule has 280 valence electrons. The summed E-state index contributed by atoms with van der Waals surface area (Å²) in [5.41, 5.74) is -1.59. The molecule has 50 heavy (non-hydrogen) atoms. The molecule has 0 aromatic heterocycles. The van der Waals surface area contributed by atoms with Gasteiger partial charge >= 0.3 is 18.0 Å². The molecule has 0 N–H and O–H groups in total. The molecule has 4 heterocycles. The number of terminal acetylenes is 1. The molecule has 2 bridgehead atoms. The number of fused-ring (bicyclic) bond motifs is 1. The van der Waals surface area contributed by atoms with Crippen LogP contribution in [0.1, 0.15) is 81.6 Å². The van der Waals surface area contributed by atoms with Crippen LogP contribution in [0.15, 0.2) is 4.99 Å². The van der Waals surface area contributed by atoms with Crippen LogP contribution in [-0.4, -0.2) is 127 Å². The molecule has 3 fully saturated rings. The van der Waals surface area contributed by atoms with Gasteiger partial charge in [0.1, 0.15) is 18.6 Å². The number of ketones is 1. The number of hydrogen-bond acceptors (Lipinski definition) is 12. The molecule has 0 radical (unpaired) electrons. The smallest absolute Gasteiger partial charge is 0.410 e. The van der Waals surface area contributed by atoms with Crippen LogP contribution in [0.2, 0.25) is 0 Å². The lowest BCUT2D eigenvalue weighted by atomic mass is 9.73. The van der Waals surface area contributed by atoms with Crippen LogP contribution < -0.4 is 0 Å². The Bertz CT molecular complexity index is 1360. The van der Waals surface area contributed by atoms with Gasteiger partial charge in [-0.1, -0.05) is 33.6 Å². The monoisotopic (exact) mass is 703 g/mol. The third-order valence-corrected chi connectivity index (χ3v) is 11.1. The fraction of sp³-hybridized carbons (Fsp3) is 0.811. The van der Waals surface area contributed by atoms with E-state index in [1.807, 2.05) is 53.6 Å². The molecule has 0 aromatic rings. The van der Waals surface area contributed by atoms with E-state index >= 15 is 0 Å². The van der Waals surface area contributed by atoms with Crippen LogP contribution in [0.3, 0.4) is 0 Å². The third-order valence-electron chi connectivity index (χ3n) is 11.1. The van der Waals surface area contributed by atoms with Gasteiger partial charge in [-0.3, -0.25) is 24.3 Å². The van der Waals surface area contributed by atoms with E-state index in [1.165, 1.54) is 13.8 Å². The molecule has 1 amide bonds. The van der Waals surface area contributed by atoms with Crippen LogP contribution in [0.4, 0.5) is 4.79 Å². The number of esters is 2. The maximum atomic E-state index is 14.4. The first-order chi connectivity index (χ1) is 23.4. The molecule has 0 aliphatic carbocycles. The molecule has 0 aromatic carbocycles. The lowest BCUT2D eigenvalue weighted by Gasteiger charge is -2.48. The van der Waals surface area contributed by atoms with Gasteiger partial charge in [-0.15, -0.1) is 6.42 Å². The van der Waals surface area contributed by atoms with E-state index in [0.29, 0.717) is 32.4 Å². The lowest BCUT2D eigenvalue weighted by molar-refractivity contribution is -0.298. The Balaban J connectivity index is 1.87. The second-order valence-electron chi connectivity index (χ2n) is 15.2. The van der Waals surface area contributed by atoms with Crippen molar-refractivity contribution in [2.45, 2.75) is 136 Å². The Morgan fingerprint density at radius 2 is 1.80 bits per heavy atom. The van der Waals surface area contributed by atoms with Gasteiger partial charge in [0, 0.05) is 31.0 Å². The van der Waals surface area contributed by atoms with E-state index in [2.05, 4.69) is 5.92 Å². The van der Waals surface area contributed by atoms with Crippen molar-refractivity contribution in [2.75, 3.05) is 33.8 Å². The lowest BCUT2D eigenvalue weighted by Crippen LogP contribution is -2.61. The molecule has 4 rings (SSSR count). The molecule has 0 saturated carbocycles. The summed E-state index contributed by atoms with van der Waals surface area (Å²) in [6, 6.07) is -0.734. The zero-order chi connectivity index (χ0) is 37.3. The van der Waals surface area contributed by atoms with Gasteiger partial charge < -0.3 is 33.3 Å². The van der Waals surface area contributed by atoms with E-state index < -0.39 is 77.5 Å². The van der Waals surface area contributed by atoms with E-state index in [1.54, 1.807) is 18.7 Å². The van der Waals surface area contributed by atoms with Crippen molar-refractivity contribution in [3.05, 3.63) is 0 Å². The predicted molar refractivity (Wildman–Crippen MR) is 184 cm³/mol. The van der Waals surface area contributed by atoms with E-state index in [4.69, 9.17) is 39.8 Å². The molecular formula is C37H57N3O10. The highest BCUT2D eigenvalue weighted by molar-refractivity contribution is 6.00. The molecule has 5 unspecified atom stereocenters. The topological polar surface area (TPSA) is 142 Å². The number of carbonyl (C=O) groups excluding carboxylic acids is 4. The Kier molecular flexibility index (Phi) is 12.5. The number of Topliss-reactive ketones (excluding diaryl/α,β-unsaturated/α-hetero) is 1. The summed E-state index contributed by atoms with van der Waals surface area (Å²) in [4.78, 5) is 62.6. The molecule has 4 aliphatic heterocycles. The highest BCUT2D eigenvalue weighted by Crippen LogP contribution is 2.44. The minimum atomic E-state index is -1.24. The minimum Gasteiger partial charge on any atom is -0.458 e. The van der Waals surface area contributed by atoms with Crippen molar-refractivity contribution in [3.63, 3.8) is 0 Å². The molecule has 4 aliphatic rings. The second-order valence-corrected chi connectivity index (χ2v) is 15.2. The van der Waals surface area contributed by atoms with Crippen LogP contribution in [-0.2, 0) is 42.8 Å². The maximum absolute atomic E-state index is 14.4. The van der Waals surface area contributed by atoms with E-state index in [0.717, 1.165) is 5.71 Å². The maximum Gasteiger partial charge on any atom is 0.410 e. The van der Waals surface area contributed by atoms with Crippen molar-refractivity contribution in [2.24, 2.45) is 28.7 Å². The Labute approximate surface area is 297 Å². The van der Waals surface area contributed by atoms with E-state index in [9.17, 15) is 19.2 Å². The van der Waals surface area contributed by atoms with Crippen LogP contribution in [0.25, 0.3) is 0 Å². The average molecular weight is 704 g/mol. The van der Waals surface area contributed by atoms with Crippen molar-refractivity contribution in [1.82, 2.24) is 9.80 Å². The summed E-state index contributed by atoms with van der Waals surface area (Å²) in [5, 5.41) is 0. The zero-order valence-corrected chi connectivity index (χ0v) is 31.6. The number of cyclic esters (lactones) is 1. The van der Waals surface area contributed by atoms with Crippen LogP contribution in [0, 0.1) is 36.0 Å². The van der Waals surface area contributed by atoms with Gasteiger partial charge in [0.15, 0.2) is 23.8 Å². The number of rotatable bonds is 7. The summed E-state index contributed by atoms with van der Waals surface area (Å²) in [5.74, 6) is -1.79. The number of aliphatic imine (C=N–C) groups is 1. The number of nitrogens with zero attached hydrogens (tertiary/aromatic N) is 3.